The quantitative estimate of drug-likeness (QED) is 0.130. The van der Waals surface area contributed by atoms with Crippen LogP contribution in [0.15, 0.2) is 84.9 Å². The average molecular weight is 512 g/mol. The first-order valence-corrected chi connectivity index (χ1v) is 11.6. The zero-order valence-electron chi connectivity index (χ0n) is 19.8. The zero-order chi connectivity index (χ0) is 26.5. The Morgan fingerprint density at radius 3 is 1.78 bits per heavy atom. The Kier molecular flexibility index (Phi) is 8.01. The standard InChI is InChI=1S/C30H22F6O/c1-2-37-30(36)28(34)22-11-9-20(10-12-22)23-13-14-24(25(31)17-23)21-7-5-18(6-8-21)3-4-19-15-26(32)29(35)27(33)16-19/h5-17H,2-4H2,1H3/b30-28-. The lowest BCUT2D eigenvalue weighted by Crippen LogP contribution is -1.97. The van der Waals surface area contributed by atoms with Crippen molar-refractivity contribution < 1.29 is 31.1 Å². The van der Waals surface area contributed by atoms with Gasteiger partial charge in [0.1, 0.15) is 5.82 Å². The van der Waals surface area contributed by atoms with Crippen LogP contribution in [-0.4, -0.2) is 6.61 Å². The maximum absolute atomic E-state index is 15.0. The van der Waals surface area contributed by atoms with E-state index in [4.69, 9.17) is 0 Å². The van der Waals surface area contributed by atoms with Gasteiger partial charge < -0.3 is 4.74 Å². The summed E-state index contributed by atoms with van der Waals surface area (Å²) in [5.74, 6) is -5.49. The first kappa shape index (κ1) is 26.1. The van der Waals surface area contributed by atoms with Gasteiger partial charge in [-0.15, -0.1) is 0 Å². The van der Waals surface area contributed by atoms with E-state index in [2.05, 4.69) is 4.74 Å². The SMILES string of the molecule is CCO/C(F)=C(\F)c1ccc(-c2ccc(-c3ccc(CCc4cc(F)c(F)c(F)c4)cc3)c(F)c2)cc1. The zero-order valence-corrected chi connectivity index (χ0v) is 19.8. The number of ether oxygens (including phenoxy) is 1. The summed E-state index contributed by atoms with van der Waals surface area (Å²) in [5.41, 5.74) is 3.44. The summed E-state index contributed by atoms with van der Waals surface area (Å²) in [6.45, 7) is 1.55. The summed E-state index contributed by atoms with van der Waals surface area (Å²) < 4.78 is 87.0. The predicted octanol–water partition coefficient (Wildman–Crippen LogP) is 8.96. The van der Waals surface area contributed by atoms with Crippen LogP contribution in [0.2, 0.25) is 0 Å². The lowest BCUT2D eigenvalue weighted by molar-refractivity contribution is 0.156. The molecule has 7 heteroatoms. The smallest absolute Gasteiger partial charge is 0.309 e. The Balaban J connectivity index is 1.46. The highest BCUT2D eigenvalue weighted by Crippen LogP contribution is 2.30. The predicted molar refractivity (Wildman–Crippen MR) is 132 cm³/mol. The van der Waals surface area contributed by atoms with Crippen molar-refractivity contribution in [3.05, 3.63) is 125 Å². The van der Waals surface area contributed by atoms with Crippen LogP contribution in [0.4, 0.5) is 26.3 Å². The van der Waals surface area contributed by atoms with E-state index < -0.39 is 35.1 Å². The molecule has 0 spiro atoms. The summed E-state index contributed by atoms with van der Waals surface area (Å²) in [4.78, 5) is 0. The molecule has 37 heavy (non-hydrogen) atoms. The van der Waals surface area contributed by atoms with Crippen molar-refractivity contribution in [3.63, 3.8) is 0 Å². The summed E-state index contributed by atoms with van der Waals surface area (Å²) in [6, 6.07) is 18.4. The van der Waals surface area contributed by atoms with Crippen LogP contribution < -0.4 is 0 Å². The lowest BCUT2D eigenvalue weighted by atomic mass is 9.97. The maximum Gasteiger partial charge on any atom is 0.309 e. The molecule has 0 amide bonds. The molecule has 4 aromatic rings. The van der Waals surface area contributed by atoms with Crippen molar-refractivity contribution >= 4 is 5.83 Å². The van der Waals surface area contributed by atoms with Crippen LogP contribution in [0.5, 0.6) is 0 Å². The molecular weight excluding hydrogens is 490 g/mol. The minimum Gasteiger partial charge on any atom is -0.469 e. The third-order valence-corrected chi connectivity index (χ3v) is 5.90. The molecule has 4 aromatic carbocycles. The van der Waals surface area contributed by atoms with Crippen LogP contribution in [0.3, 0.4) is 0 Å². The molecule has 0 saturated carbocycles. The Morgan fingerprint density at radius 1 is 0.622 bits per heavy atom. The maximum atomic E-state index is 15.0. The van der Waals surface area contributed by atoms with Crippen molar-refractivity contribution in [1.82, 2.24) is 0 Å². The number of hydrogen-bond acceptors (Lipinski definition) is 1. The first-order valence-electron chi connectivity index (χ1n) is 11.6. The highest BCUT2D eigenvalue weighted by Gasteiger charge is 2.13. The molecule has 0 aliphatic carbocycles. The van der Waals surface area contributed by atoms with Crippen LogP contribution in [0.1, 0.15) is 23.6 Å². The molecule has 0 bridgehead atoms. The molecule has 0 N–H and O–H groups in total. The van der Waals surface area contributed by atoms with E-state index in [0.717, 1.165) is 17.7 Å². The van der Waals surface area contributed by atoms with Crippen molar-refractivity contribution in [3.8, 4) is 22.3 Å². The minimum absolute atomic E-state index is 0.00410. The topological polar surface area (TPSA) is 9.23 Å². The first-order chi connectivity index (χ1) is 17.8. The Morgan fingerprint density at radius 2 is 1.19 bits per heavy atom. The van der Waals surface area contributed by atoms with Gasteiger partial charge in [0.2, 0.25) is 5.83 Å². The van der Waals surface area contributed by atoms with Crippen LogP contribution in [0, 0.1) is 23.3 Å². The third-order valence-electron chi connectivity index (χ3n) is 5.90. The molecule has 0 aliphatic heterocycles. The van der Waals surface area contributed by atoms with Gasteiger partial charge in [-0.1, -0.05) is 60.7 Å². The summed E-state index contributed by atoms with van der Waals surface area (Å²) in [7, 11) is 0. The molecule has 4 rings (SSSR count). The van der Waals surface area contributed by atoms with Crippen LogP contribution >= 0.6 is 0 Å². The van der Waals surface area contributed by atoms with Crippen LogP contribution in [0.25, 0.3) is 28.1 Å². The molecule has 0 aromatic heterocycles. The summed E-state index contributed by atoms with van der Waals surface area (Å²) >= 11 is 0. The van der Waals surface area contributed by atoms with Crippen LogP contribution in [-0.2, 0) is 17.6 Å². The van der Waals surface area contributed by atoms with Gasteiger partial charge >= 0.3 is 6.01 Å². The van der Waals surface area contributed by atoms with E-state index in [1.54, 1.807) is 55.5 Å². The molecule has 0 aliphatic rings. The molecule has 0 heterocycles. The highest BCUT2D eigenvalue weighted by molar-refractivity contribution is 5.72. The Hall–Kier alpha value is -4.00. The fraction of sp³-hybridized carbons (Fsp3) is 0.133. The van der Waals surface area contributed by atoms with Crippen molar-refractivity contribution in [2.24, 2.45) is 0 Å². The van der Waals surface area contributed by atoms with E-state index in [0.29, 0.717) is 40.7 Å². The molecule has 0 atom stereocenters. The molecule has 0 saturated heterocycles. The van der Waals surface area contributed by atoms with Gasteiger partial charge in [-0.3, -0.25) is 0 Å². The van der Waals surface area contributed by atoms with Gasteiger partial charge in [0, 0.05) is 11.1 Å². The summed E-state index contributed by atoms with van der Waals surface area (Å²) in [6.07, 6.45) is 0.778. The second kappa shape index (κ2) is 11.4. The van der Waals surface area contributed by atoms with Gasteiger partial charge in [-0.25, -0.2) is 17.6 Å². The monoisotopic (exact) mass is 512 g/mol. The van der Waals surface area contributed by atoms with Crippen molar-refractivity contribution in [2.45, 2.75) is 19.8 Å². The van der Waals surface area contributed by atoms with Crippen molar-refractivity contribution in [2.75, 3.05) is 6.61 Å². The van der Waals surface area contributed by atoms with E-state index in [9.17, 15) is 26.3 Å². The fourth-order valence-electron chi connectivity index (χ4n) is 3.93. The second-order valence-electron chi connectivity index (χ2n) is 8.36. The lowest BCUT2D eigenvalue weighted by Gasteiger charge is -2.09. The van der Waals surface area contributed by atoms with Gasteiger partial charge in [0.15, 0.2) is 17.5 Å². The average Bonchev–Trinajstić information content (AvgIpc) is 2.90. The molecule has 0 fully saturated rings. The molecule has 1 nitrogen and oxygen atoms in total. The van der Waals surface area contributed by atoms with Gasteiger partial charge in [-0.05, 0) is 65.8 Å². The highest BCUT2D eigenvalue weighted by atomic mass is 19.2. The minimum atomic E-state index is -1.49. The Labute approximate surface area is 210 Å². The number of hydrogen-bond donors (Lipinski definition) is 0. The number of benzene rings is 4. The van der Waals surface area contributed by atoms with E-state index in [1.165, 1.54) is 18.2 Å². The fourth-order valence-corrected chi connectivity index (χ4v) is 3.93. The van der Waals surface area contributed by atoms with E-state index >= 15 is 0 Å². The van der Waals surface area contributed by atoms with Gasteiger partial charge in [-0.2, -0.15) is 8.78 Å². The molecular formula is C30H22F6O. The number of aryl methyl sites for hydroxylation is 2. The van der Waals surface area contributed by atoms with Crippen molar-refractivity contribution in [1.29, 1.82) is 0 Å². The molecule has 0 radical (unpaired) electrons. The number of rotatable bonds is 8. The van der Waals surface area contributed by atoms with Gasteiger partial charge in [0.25, 0.3) is 0 Å². The van der Waals surface area contributed by atoms with E-state index in [-0.39, 0.29) is 12.2 Å². The third kappa shape index (κ3) is 6.05. The summed E-state index contributed by atoms with van der Waals surface area (Å²) in [5, 5.41) is 0. The normalized spacial score (nSPS) is 11.9. The number of halogens is 6. The second-order valence-corrected chi connectivity index (χ2v) is 8.36. The molecule has 190 valence electrons. The van der Waals surface area contributed by atoms with E-state index in [1.807, 2.05) is 0 Å². The largest absolute Gasteiger partial charge is 0.469 e. The van der Waals surface area contributed by atoms with Gasteiger partial charge in [0.05, 0.1) is 6.61 Å². The Bertz CT molecular complexity index is 1400. The molecule has 0 unspecified atom stereocenters.